The van der Waals surface area contributed by atoms with Gasteiger partial charge in [0.25, 0.3) is 0 Å². The molecule has 3 aliphatic heterocycles. The van der Waals surface area contributed by atoms with Gasteiger partial charge in [-0.1, -0.05) is 29.3 Å². The minimum Gasteiger partial charge on any atom is -0.369 e. The van der Waals surface area contributed by atoms with E-state index in [1.807, 2.05) is 0 Å². The second-order valence-electron chi connectivity index (χ2n) is 5.32. The van der Waals surface area contributed by atoms with E-state index < -0.39 is 8.80 Å². The lowest BCUT2D eigenvalue weighted by molar-refractivity contribution is 0.00139. The Morgan fingerprint density at radius 1 is 0.842 bits per heavy atom. The lowest BCUT2D eigenvalue weighted by atomic mass is 10.2. The van der Waals surface area contributed by atoms with E-state index in [-0.39, 0.29) is 0 Å². The van der Waals surface area contributed by atoms with Gasteiger partial charge >= 0.3 is 8.80 Å². The van der Waals surface area contributed by atoms with Crippen molar-refractivity contribution in [3.8, 4) is 0 Å². The van der Waals surface area contributed by atoms with Crippen molar-refractivity contribution < 1.29 is 13.3 Å². The van der Waals surface area contributed by atoms with Crippen LogP contribution in [0.4, 0.5) is 0 Å². The first-order valence-corrected chi connectivity index (χ1v) is 8.63. The molecular weight excluding hydrogens is 258 g/mol. The van der Waals surface area contributed by atoms with E-state index >= 15 is 0 Å². The molecule has 3 saturated heterocycles. The Morgan fingerprint density at radius 3 is 1.79 bits per heavy atom. The summed E-state index contributed by atoms with van der Waals surface area (Å²) in [6, 6.07) is 6.47. The zero-order valence-electron chi connectivity index (χ0n) is 11.6. The minimum absolute atomic E-state index is 0.694. The molecule has 104 valence electrons. The number of hydrogen-bond donors (Lipinski definition) is 0. The van der Waals surface area contributed by atoms with Crippen LogP contribution in [0.1, 0.15) is 11.1 Å². The SMILES string of the molecule is Cc1cc(C)cc([Si]23OCCN(CCO2)CCO3)c1. The molecular formula is C14H21NO3Si. The van der Waals surface area contributed by atoms with Gasteiger partial charge in [-0.2, -0.15) is 0 Å². The van der Waals surface area contributed by atoms with Gasteiger partial charge in [-0.25, -0.2) is 0 Å². The Labute approximate surface area is 115 Å². The molecule has 19 heavy (non-hydrogen) atoms. The van der Waals surface area contributed by atoms with Gasteiger partial charge in [-0.3, -0.25) is 4.90 Å². The Kier molecular flexibility index (Phi) is 3.73. The van der Waals surface area contributed by atoms with Crippen molar-refractivity contribution in [3.63, 3.8) is 0 Å². The Morgan fingerprint density at radius 2 is 1.32 bits per heavy atom. The van der Waals surface area contributed by atoms with Gasteiger partial charge in [0.15, 0.2) is 0 Å². The molecule has 0 atom stereocenters. The lowest BCUT2D eigenvalue weighted by Gasteiger charge is -2.38. The summed E-state index contributed by atoms with van der Waals surface area (Å²) in [6.07, 6.45) is 0. The lowest BCUT2D eigenvalue weighted by Crippen LogP contribution is -2.62. The molecule has 4 nitrogen and oxygen atoms in total. The summed E-state index contributed by atoms with van der Waals surface area (Å²) in [4.78, 5) is 2.33. The van der Waals surface area contributed by atoms with Gasteiger partial charge in [-0.15, -0.1) is 0 Å². The summed E-state index contributed by atoms with van der Waals surface area (Å²) in [5.41, 5.74) is 2.47. The fourth-order valence-electron chi connectivity index (χ4n) is 2.79. The van der Waals surface area contributed by atoms with E-state index in [0.29, 0.717) is 19.8 Å². The van der Waals surface area contributed by atoms with Gasteiger partial charge < -0.3 is 13.3 Å². The fourth-order valence-corrected chi connectivity index (χ4v) is 5.43. The molecule has 4 rings (SSSR count). The Bertz CT molecular complexity index is 419. The first-order chi connectivity index (χ1) is 9.18. The van der Waals surface area contributed by atoms with E-state index in [4.69, 9.17) is 13.3 Å². The maximum absolute atomic E-state index is 6.09. The summed E-state index contributed by atoms with van der Waals surface area (Å²) in [7, 11) is -2.69. The van der Waals surface area contributed by atoms with Crippen molar-refractivity contribution in [2.45, 2.75) is 13.8 Å². The van der Waals surface area contributed by atoms with Gasteiger partial charge in [0.2, 0.25) is 0 Å². The van der Waals surface area contributed by atoms with E-state index in [2.05, 4.69) is 36.9 Å². The molecule has 0 unspecified atom stereocenters. The molecule has 0 radical (unpaired) electrons. The highest BCUT2D eigenvalue weighted by atomic mass is 28.4. The predicted molar refractivity (Wildman–Crippen MR) is 75.6 cm³/mol. The van der Waals surface area contributed by atoms with Crippen molar-refractivity contribution >= 4 is 14.0 Å². The Balaban J connectivity index is 1.97. The second kappa shape index (κ2) is 5.34. The average Bonchev–Trinajstić information content (AvgIpc) is 2.25. The zero-order valence-corrected chi connectivity index (χ0v) is 12.6. The van der Waals surface area contributed by atoms with E-state index in [0.717, 1.165) is 24.8 Å². The summed E-state index contributed by atoms with van der Waals surface area (Å²) >= 11 is 0. The maximum atomic E-state index is 6.09. The molecule has 0 spiro atoms. The largest absolute Gasteiger partial charge is 0.537 e. The number of benzene rings is 1. The second-order valence-corrected chi connectivity index (χ2v) is 7.88. The third kappa shape index (κ3) is 2.75. The number of hydrogen-bond acceptors (Lipinski definition) is 4. The maximum Gasteiger partial charge on any atom is 0.537 e. The van der Waals surface area contributed by atoms with Crippen LogP contribution in [0.2, 0.25) is 0 Å². The van der Waals surface area contributed by atoms with Crippen LogP contribution in [-0.4, -0.2) is 53.2 Å². The third-order valence-corrected chi connectivity index (χ3v) is 6.42. The van der Waals surface area contributed by atoms with Crippen LogP contribution in [-0.2, 0) is 13.3 Å². The number of nitrogens with zero attached hydrogens (tertiary/aromatic N) is 1. The summed E-state index contributed by atoms with van der Waals surface area (Å²) in [5, 5.41) is 1.11. The molecule has 0 aliphatic carbocycles. The molecule has 3 aliphatic rings. The minimum atomic E-state index is -2.69. The Hall–Kier alpha value is -0.723. The van der Waals surface area contributed by atoms with Gasteiger partial charge in [-0.05, 0) is 13.8 Å². The van der Waals surface area contributed by atoms with Gasteiger partial charge in [0.05, 0.1) is 19.8 Å². The summed E-state index contributed by atoms with van der Waals surface area (Å²) < 4.78 is 18.3. The van der Waals surface area contributed by atoms with Crippen LogP contribution in [0.5, 0.6) is 0 Å². The first-order valence-electron chi connectivity index (χ1n) is 6.91. The molecule has 0 N–H and O–H groups in total. The van der Waals surface area contributed by atoms with Crippen molar-refractivity contribution in [1.29, 1.82) is 0 Å². The molecule has 3 heterocycles. The van der Waals surface area contributed by atoms with Crippen molar-refractivity contribution in [1.82, 2.24) is 4.90 Å². The molecule has 2 bridgehead atoms. The van der Waals surface area contributed by atoms with Crippen LogP contribution in [0, 0.1) is 13.8 Å². The topological polar surface area (TPSA) is 30.9 Å². The number of rotatable bonds is 1. The normalized spacial score (nSPS) is 31.6. The van der Waals surface area contributed by atoms with Crippen molar-refractivity contribution in [2.75, 3.05) is 39.5 Å². The van der Waals surface area contributed by atoms with E-state index in [1.165, 1.54) is 11.1 Å². The first kappa shape index (κ1) is 13.3. The van der Waals surface area contributed by atoms with Gasteiger partial charge in [0, 0.05) is 24.8 Å². The van der Waals surface area contributed by atoms with E-state index in [9.17, 15) is 0 Å². The highest BCUT2D eigenvalue weighted by Gasteiger charge is 2.46. The monoisotopic (exact) mass is 279 g/mol. The highest BCUT2D eigenvalue weighted by molar-refractivity contribution is 6.75. The molecule has 0 saturated carbocycles. The molecule has 0 amide bonds. The molecule has 1 aromatic rings. The smallest absolute Gasteiger partial charge is 0.369 e. The van der Waals surface area contributed by atoms with Crippen LogP contribution >= 0.6 is 0 Å². The third-order valence-electron chi connectivity index (χ3n) is 3.67. The van der Waals surface area contributed by atoms with E-state index in [1.54, 1.807) is 0 Å². The van der Waals surface area contributed by atoms with Crippen LogP contribution in [0.3, 0.4) is 0 Å². The molecule has 1 aromatic carbocycles. The molecule has 5 heteroatoms. The number of fused-ring (bicyclic) bond motifs is 6. The quantitative estimate of drug-likeness (QED) is 0.713. The fraction of sp³-hybridized carbons (Fsp3) is 0.571. The highest BCUT2D eigenvalue weighted by Crippen LogP contribution is 2.17. The van der Waals surface area contributed by atoms with Crippen LogP contribution in [0.25, 0.3) is 0 Å². The average molecular weight is 279 g/mol. The van der Waals surface area contributed by atoms with Crippen LogP contribution < -0.4 is 5.19 Å². The standard InChI is InChI=1S/C14H21NO3Si/c1-12-9-13(2)11-14(10-12)19-16-6-3-15(4-7-17-19)5-8-18-19/h9-11H,3-8H2,1-2H3. The molecule has 0 aromatic heterocycles. The van der Waals surface area contributed by atoms with Gasteiger partial charge in [0.1, 0.15) is 0 Å². The van der Waals surface area contributed by atoms with Crippen molar-refractivity contribution in [3.05, 3.63) is 29.3 Å². The predicted octanol–water partition coefficient (Wildman–Crippen LogP) is 0.828. The van der Waals surface area contributed by atoms with Crippen molar-refractivity contribution in [2.24, 2.45) is 0 Å². The van der Waals surface area contributed by atoms with Crippen LogP contribution in [0.15, 0.2) is 18.2 Å². The summed E-state index contributed by atoms with van der Waals surface area (Å²) in [6.45, 7) is 9.23. The number of aryl methyl sites for hydroxylation is 2. The zero-order chi connectivity index (χ0) is 13.3. The summed E-state index contributed by atoms with van der Waals surface area (Å²) in [5.74, 6) is 0. The molecule has 3 fully saturated rings.